The van der Waals surface area contributed by atoms with Crippen LogP contribution in [0.4, 0.5) is 0 Å². The van der Waals surface area contributed by atoms with Crippen LogP contribution in [0, 0.1) is 6.92 Å². The Balaban J connectivity index is 2.00. The number of carbonyl (C=O) groups excluding carboxylic acids is 2. The highest BCUT2D eigenvalue weighted by Crippen LogP contribution is 2.33. The second kappa shape index (κ2) is 6.40. The molecular formula is C23H20N2O2. The van der Waals surface area contributed by atoms with Crippen molar-refractivity contribution in [2.45, 2.75) is 6.92 Å². The maximum absolute atomic E-state index is 13.0. The summed E-state index contributed by atoms with van der Waals surface area (Å²) in [5.74, 6) is -1.03. The first-order valence-corrected chi connectivity index (χ1v) is 8.83. The minimum absolute atomic E-state index is 0.433. The van der Waals surface area contributed by atoms with Crippen molar-refractivity contribution in [3.8, 4) is 11.3 Å². The first-order chi connectivity index (χ1) is 13.0. The standard InChI is InChI=1S/C23H20N2O2/c1-14-8-11-19-18(12-14)20(22(26)23(27)25(2)3)21(24-19)17-10-9-15-6-4-5-7-16(15)13-17/h4-13,24H,1-3H3. The second-order valence-corrected chi connectivity index (χ2v) is 7.01. The lowest BCUT2D eigenvalue weighted by atomic mass is 9.98. The third-order valence-electron chi connectivity index (χ3n) is 4.82. The molecule has 0 saturated heterocycles. The van der Waals surface area contributed by atoms with Crippen molar-refractivity contribution in [1.29, 1.82) is 0 Å². The lowest BCUT2D eigenvalue weighted by Gasteiger charge is -2.10. The maximum atomic E-state index is 13.0. The number of likely N-dealkylation sites (N-methyl/N-ethyl adjacent to an activating group) is 1. The number of hydrogen-bond donors (Lipinski definition) is 1. The summed E-state index contributed by atoms with van der Waals surface area (Å²) in [4.78, 5) is 30.1. The summed E-state index contributed by atoms with van der Waals surface area (Å²) < 4.78 is 0. The number of Topliss-reactive ketones (excluding diaryl/α,β-unsaturated/α-hetero) is 1. The number of hydrogen-bond acceptors (Lipinski definition) is 2. The molecule has 4 aromatic rings. The number of nitrogens with one attached hydrogen (secondary N) is 1. The van der Waals surface area contributed by atoms with E-state index in [1.807, 2.05) is 61.5 Å². The van der Waals surface area contributed by atoms with Gasteiger partial charge in [0.15, 0.2) is 0 Å². The molecular weight excluding hydrogens is 336 g/mol. The van der Waals surface area contributed by atoms with Gasteiger partial charge in [-0.15, -0.1) is 0 Å². The molecule has 0 atom stereocenters. The van der Waals surface area contributed by atoms with Crippen LogP contribution >= 0.6 is 0 Å². The van der Waals surface area contributed by atoms with E-state index in [1.54, 1.807) is 14.1 Å². The largest absolute Gasteiger partial charge is 0.354 e. The Kier molecular flexibility index (Phi) is 4.04. The Morgan fingerprint density at radius 1 is 0.889 bits per heavy atom. The number of benzene rings is 3. The molecule has 0 fully saturated rings. The highest BCUT2D eigenvalue weighted by Gasteiger charge is 2.26. The Bertz CT molecular complexity index is 1200. The molecule has 4 rings (SSSR count). The number of rotatable bonds is 3. The molecule has 0 saturated carbocycles. The molecule has 0 aliphatic carbocycles. The molecule has 4 heteroatoms. The first-order valence-electron chi connectivity index (χ1n) is 8.83. The summed E-state index contributed by atoms with van der Waals surface area (Å²) in [6.07, 6.45) is 0. The van der Waals surface area contributed by atoms with Crippen LogP contribution in [0.25, 0.3) is 32.9 Å². The van der Waals surface area contributed by atoms with E-state index < -0.39 is 11.7 Å². The summed E-state index contributed by atoms with van der Waals surface area (Å²) in [7, 11) is 3.19. The number of fused-ring (bicyclic) bond motifs is 2. The van der Waals surface area contributed by atoms with Gasteiger partial charge in [0, 0.05) is 25.0 Å². The topological polar surface area (TPSA) is 53.2 Å². The number of aromatic nitrogens is 1. The average molecular weight is 356 g/mol. The maximum Gasteiger partial charge on any atom is 0.294 e. The fraction of sp³-hybridized carbons (Fsp3) is 0.130. The van der Waals surface area contributed by atoms with E-state index in [0.29, 0.717) is 11.3 Å². The van der Waals surface area contributed by atoms with E-state index in [-0.39, 0.29) is 0 Å². The van der Waals surface area contributed by atoms with Gasteiger partial charge in [0.1, 0.15) is 0 Å². The monoisotopic (exact) mass is 356 g/mol. The second-order valence-electron chi connectivity index (χ2n) is 7.01. The van der Waals surface area contributed by atoms with Crippen LogP contribution in [0.3, 0.4) is 0 Å². The SMILES string of the molecule is Cc1ccc2[nH]c(-c3ccc4ccccc4c3)c(C(=O)C(=O)N(C)C)c2c1. The van der Waals surface area contributed by atoms with Crippen LogP contribution in [0.2, 0.25) is 0 Å². The molecule has 4 nitrogen and oxygen atoms in total. The minimum Gasteiger partial charge on any atom is -0.354 e. The smallest absolute Gasteiger partial charge is 0.294 e. The van der Waals surface area contributed by atoms with Crippen molar-refractivity contribution in [1.82, 2.24) is 9.88 Å². The Morgan fingerprint density at radius 2 is 1.63 bits per heavy atom. The third kappa shape index (κ3) is 2.89. The lowest BCUT2D eigenvalue weighted by Crippen LogP contribution is -2.30. The third-order valence-corrected chi connectivity index (χ3v) is 4.82. The van der Waals surface area contributed by atoms with Crippen molar-refractivity contribution in [3.05, 3.63) is 71.8 Å². The van der Waals surface area contributed by atoms with E-state index in [1.165, 1.54) is 4.90 Å². The summed E-state index contributed by atoms with van der Waals surface area (Å²) >= 11 is 0. The Labute approximate surface area is 157 Å². The molecule has 134 valence electrons. The number of ketones is 1. The zero-order valence-electron chi connectivity index (χ0n) is 15.5. The fourth-order valence-electron chi connectivity index (χ4n) is 3.41. The van der Waals surface area contributed by atoms with Crippen LogP contribution in [-0.2, 0) is 4.79 Å². The number of aryl methyl sites for hydroxylation is 1. The first kappa shape index (κ1) is 17.0. The number of carbonyl (C=O) groups is 2. The molecule has 1 amide bonds. The Hall–Kier alpha value is -3.40. The fourth-order valence-corrected chi connectivity index (χ4v) is 3.41. The molecule has 1 heterocycles. The van der Waals surface area contributed by atoms with E-state index in [4.69, 9.17) is 0 Å². The van der Waals surface area contributed by atoms with Gasteiger partial charge in [-0.2, -0.15) is 0 Å². The zero-order chi connectivity index (χ0) is 19.1. The molecule has 1 N–H and O–H groups in total. The van der Waals surface area contributed by atoms with Crippen molar-refractivity contribution >= 4 is 33.4 Å². The van der Waals surface area contributed by atoms with Gasteiger partial charge in [0.05, 0.1) is 11.3 Å². The van der Waals surface area contributed by atoms with E-state index >= 15 is 0 Å². The van der Waals surface area contributed by atoms with Crippen LogP contribution in [0.5, 0.6) is 0 Å². The van der Waals surface area contributed by atoms with Gasteiger partial charge in [-0.1, -0.05) is 48.0 Å². The normalized spacial score (nSPS) is 11.1. The van der Waals surface area contributed by atoms with Gasteiger partial charge in [-0.25, -0.2) is 0 Å². The van der Waals surface area contributed by atoms with E-state index in [2.05, 4.69) is 11.1 Å². The van der Waals surface area contributed by atoms with Gasteiger partial charge < -0.3 is 9.88 Å². The summed E-state index contributed by atoms with van der Waals surface area (Å²) in [5.41, 5.74) is 3.89. The van der Waals surface area contributed by atoms with Crippen molar-refractivity contribution in [2.24, 2.45) is 0 Å². The van der Waals surface area contributed by atoms with Crippen LogP contribution in [0.15, 0.2) is 60.7 Å². The zero-order valence-corrected chi connectivity index (χ0v) is 15.5. The quantitative estimate of drug-likeness (QED) is 0.432. The van der Waals surface area contributed by atoms with Gasteiger partial charge in [-0.05, 0) is 41.5 Å². The summed E-state index contributed by atoms with van der Waals surface area (Å²) in [6.45, 7) is 1.98. The molecule has 3 aromatic carbocycles. The molecule has 0 unspecified atom stereocenters. The predicted octanol–water partition coefficient (Wildman–Crippen LogP) is 4.57. The molecule has 27 heavy (non-hydrogen) atoms. The van der Waals surface area contributed by atoms with E-state index in [0.717, 1.165) is 32.8 Å². The number of nitrogens with zero attached hydrogens (tertiary/aromatic N) is 1. The van der Waals surface area contributed by atoms with Gasteiger partial charge in [-0.3, -0.25) is 9.59 Å². The molecule has 0 aliphatic heterocycles. The van der Waals surface area contributed by atoms with Gasteiger partial charge in [0.25, 0.3) is 11.7 Å². The van der Waals surface area contributed by atoms with Gasteiger partial charge >= 0.3 is 0 Å². The minimum atomic E-state index is -0.528. The highest BCUT2D eigenvalue weighted by molar-refractivity contribution is 6.46. The number of amides is 1. The van der Waals surface area contributed by atoms with Crippen molar-refractivity contribution in [2.75, 3.05) is 14.1 Å². The molecule has 0 bridgehead atoms. The van der Waals surface area contributed by atoms with Crippen LogP contribution < -0.4 is 0 Å². The van der Waals surface area contributed by atoms with Crippen LogP contribution in [-0.4, -0.2) is 35.7 Å². The molecule has 1 aromatic heterocycles. The summed E-state index contributed by atoms with van der Waals surface area (Å²) in [6, 6.07) is 20.0. The molecule has 0 radical (unpaired) electrons. The summed E-state index contributed by atoms with van der Waals surface area (Å²) in [5, 5.41) is 2.99. The van der Waals surface area contributed by atoms with Crippen LogP contribution in [0.1, 0.15) is 15.9 Å². The molecule has 0 spiro atoms. The number of aromatic amines is 1. The lowest BCUT2D eigenvalue weighted by molar-refractivity contribution is -0.124. The van der Waals surface area contributed by atoms with Gasteiger partial charge in [0.2, 0.25) is 0 Å². The highest BCUT2D eigenvalue weighted by atomic mass is 16.2. The van der Waals surface area contributed by atoms with E-state index in [9.17, 15) is 9.59 Å². The predicted molar refractivity (Wildman–Crippen MR) is 109 cm³/mol. The molecule has 0 aliphatic rings. The Morgan fingerprint density at radius 3 is 2.37 bits per heavy atom. The average Bonchev–Trinajstić information content (AvgIpc) is 3.04. The number of H-pyrrole nitrogens is 1. The van der Waals surface area contributed by atoms with Crippen molar-refractivity contribution in [3.63, 3.8) is 0 Å². The van der Waals surface area contributed by atoms with Crippen molar-refractivity contribution < 1.29 is 9.59 Å².